The standard InChI is InChI=1S/C16H14FNO3/c17-13-3-1-2-11(6-13)8-18-14-7-12(9-19)4-5-15(14)21-10-16(18)20/h1-7,19H,8-10H2. The van der Waals surface area contributed by atoms with E-state index in [1.165, 1.54) is 12.1 Å². The van der Waals surface area contributed by atoms with Gasteiger partial charge in [0.15, 0.2) is 6.61 Å². The van der Waals surface area contributed by atoms with Gasteiger partial charge < -0.3 is 14.7 Å². The number of rotatable bonds is 3. The van der Waals surface area contributed by atoms with Crippen LogP contribution in [0, 0.1) is 5.82 Å². The van der Waals surface area contributed by atoms with Crippen LogP contribution in [-0.2, 0) is 17.9 Å². The van der Waals surface area contributed by atoms with Crippen LogP contribution in [0.3, 0.4) is 0 Å². The predicted molar refractivity (Wildman–Crippen MR) is 75.4 cm³/mol. The first-order chi connectivity index (χ1) is 10.2. The van der Waals surface area contributed by atoms with Crippen LogP contribution in [0.4, 0.5) is 10.1 Å². The van der Waals surface area contributed by atoms with Crippen LogP contribution in [-0.4, -0.2) is 17.6 Å². The molecule has 0 bridgehead atoms. The highest BCUT2D eigenvalue weighted by Gasteiger charge is 2.25. The van der Waals surface area contributed by atoms with Gasteiger partial charge in [-0.05, 0) is 35.4 Å². The van der Waals surface area contributed by atoms with Crippen LogP contribution in [0.25, 0.3) is 0 Å². The van der Waals surface area contributed by atoms with E-state index < -0.39 is 0 Å². The Hall–Kier alpha value is -2.40. The Balaban J connectivity index is 1.96. The summed E-state index contributed by atoms with van der Waals surface area (Å²) in [6.45, 7) is 0.109. The van der Waals surface area contributed by atoms with Crippen molar-refractivity contribution in [1.82, 2.24) is 0 Å². The maximum absolute atomic E-state index is 13.3. The van der Waals surface area contributed by atoms with E-state index in [1.807, 2.05) is 0 Å². The van der Waals surface area contributed by atoms with Crippen molar-refractivity contribution in [2.45, 2.75) is 13.2 Å². The molecular weight excluding hydrogens is 273 g/mol. The number of carbonyl (C=O) groups is 1. The van der Waals surface area contributed by atoms with E-state index in [9.17, 15) is 14.3 Å². The van der Waals surface area contributed by atoms with Gasteiger partial charge in [0.1, 0.15) is 11.6 Å². The topological polar surface area (TPSA) is 49.8 Å². The van der Waals surface area contributed by atoms with Crippen molar-refractivity contribution in [3.63, 3.8) is 0 Å². The predicted octanol–water partition coefficient (Wildman–Crippen LogP) is 2.24. The Labute approximate surface area is 121 Å². The quantitative estimate of drug-likeness (QED) is 0.942. The minimum Gasteiger partial charge on any atom is -0.482 e. The zero-order valence-electron chi connectivity index (χ0n) is 11.3. The Morgan fingerprint density at radius 3 is 2.81 bits per heavy atom. The highest BCUT2D eigenvalue weighted by Crippen LogP contribution is 2.34. The maximum Gasteiger partial charge on any atom is 0.265 e. The van der Waals surface area contributed by atoms with Crippen molar-refractivity contribution in [2.24, 2.45) is 0 Å². The number of anilines is 1. The Kier molecular flexibility index (Phi) is 3.58. The molecule has 1 heterocycles. The molecule has 1 amide bonds. The van der Waals surface area contributed by atoms with Gasteiger partial charge in [0, 0.05) is 0 Å². The zero-order chi connectivity index (χ0) is 14.8. The number of hydrogen-bond acceptors (Lipinski definition) is 3. The highest BCUT2D eigenvalue weighted by molar-refractivity contribution is 5.97. The van der Waals surface area contributed by atoms with E-state index >= 15 is 0 Å². The second-order valence-electron chi connectivity index (χ2n) is 4.86. The van der Waals surface area contributed by atoms with E-state index in [1.54, 1.807) is 35.2 Å². The van der Waals surface area contributed by atoms with Crippen molar-refractivity contribution in [2.75, 3.05) is 11.5 Å². The summed E-state index contributed by atoms with van der Waals surface area (Å²) < 4.78 is 18.7. The molecule has 0 aliphatic carbocycles. The molecule has 1 aliphatic rings. The van der Waals surface area contributed by atoms with Gasteiger partial charge in [-0.1, -0.05) is 18.2 Å². The molecule has 0 fully saturated rings. The molecule has 0 aromatic heterocycles. The lowest BCUT2D eigenvalue weighted by atomic mass is 10.1. The number of amides is 1. The number of nitrogens with zero attached hydrogens (tertiary/aromatic N) is 1. The Morgan fingerprint density at radius 2 is 2.05 bits per heavy atom. The normalized spacial score (nSPS) is 13.8. The first-order valence-corrected chi connectivity index (χ1v) is 6.59. The van der Waals surface area contributed by atoms with E-state index in [-0.39, 0.29) is 31.5 Å². The molecule has 0 unspecified atom stereocenters. The third kappa shape index (κ3) is 2.73. The summed E-state index contributed by atoms with van der Waals surface area (Å²) in [6.07, 6.45) is 0. The van der Waals surface area contributed by atoms with Crippen molar-refractivity contribution >= 4 is 11.6 Å². The molecule has 0 saturated carbocycles. The summed E-state index contributed by atoms with van der Waals surface area (Å²) in [5.41, 5.74) is 1.99. The molecule has 2 aromatic rings. The summed E-state index contributed by atoms with van der Waals surface area (Å²) in [7, 11) is 0. The third-order valence-corrected chi connectivity index (χ3v) is 3.38. The van der Waals surface area contributed by atoms with Crippen LogP contribution in [0.2, 0.25) is 0 Å². The summed E-state index contributed by atoms with van der Waals surface area (Å²) in [5, 5.41) is 9.22. The summed E-state index contributed by atoms with van der Waals surface area (Å²) >= 11 is 0. The largest absolute Gasteiger partial charge is 0.482 e. The fourth-order valence-electron chi connectivity index (χ4n) is 2.34. The molecule has 0 saturated heterocycles. The SMILES string of the molecule is O=C1COc2ccc(CO)cc2N1Cc1cccc(F)c1. The fourth-order valence-corrected chi connectivity index (χ4v) is 2.34. The lowest BCUT2D eigenvalue weighted by Crippen LogP contribution is -2.38. The summed E-state index contributed by atoms with van der Waals surface area (Å²) in [6, 6.07) is 11.3. The molecular formula is C16H14FNO3. The number of ether oxygens (including phenoxy) is 1. The molecule has 1 aliphatic heterocycles. The maximum atomic E-state index is 13.3. The Morgan fingerprint density at radius 1 is 1.19 bits per heavy atom. The van der Waals surface area contributed by atoms with Crippen molar-refractivity contribution in [1.29, 1.82) is 0 Å². The summed E-state index contributed by atoms with van der Waals surface area (Å²) in [5.74, 6) is 0.0580. The number of benzene rings is 2. The number of halogens is 1. The van der Waals surface area contributed by atoms with Gasteiger partial charge in [-0.25, -0.2) is 4.39 Å². The number of hydrogen-bond donors (Lipinski definition) is 1. The molecule has 0 atom stereocenters. The van der Waals surface area contributed by atoms with Crippen molar-refractivity contribution in [3.8, 4) is 5.75 Å². The second-order valence-corrected chi connectivity index (χ2v) is 4.86. The van der Waals surface area contributed by atoms with Gasteiger partial charge >= 0.3 is 0 Å². The smallest absolute Gasteiger partial charge is 0.265 e. The van der Waals surface area contributed by atoms with Crippen LogP contribution >= 0.6 is 0 Å². The van der Waals surface area contributed by atoms with Crippen LogP contribution in [0.15, 0.2) is 42.5 Å². The lowest BCUT2D eigenvalue weighted by molar-refractivity contribution is -0.121. The van der Waals surface area contributed by atoms with E-state index in [4.69, 9.17) is 4.74 Å². The molecule has 0 spiro atoms. The molecule has 2 aromatic carbocycles. The number of carbonyl (C=O) groups excluding carboxylic acids is 1. The molecule has 0 radical (unpaired) electrons. The van der Waals surface area contributed by atoms with E-state index in [0.717, 1.165) is 0 Å². The molecule has 1 N–H and O–H groups in total. The highest BCUT2D eigenvalue weighted by atomic mass is 19.1. The average Bonchev–Trinajstić information content (AvgIpc) is 2.50. The minimum absolute atomic E-state index is 0.0409. The lowest BCUT2D eigenvalue weighted by Gasteiger charge is -2.29. The zero-order valence-corrected chi connectivity index (χ0v) is 11.3. The van der Waals surface area contributed by atoms with Gasteiger partial charge in [-0.15, -0.1) is 0 Å². The molecule has 3 rings (SSSR count). The van der Waals surface area contributed by atoms with E-state index in [0.29, 0.717) is 22.6 Å². The van der Waals surface area contributed by atoms with Crippen LogP contribution < -0.4 is 9.64 Å². The average molecular weight is 287 g/mol. The Bertz CT molecular complexity index is 687. The van der Waals surface area contributed by atoms with E-state index in [2.05, 4.69) is 0 Å². The van der Waals surface area contributed by atoms with Gasteiger partial charge in [0.05, 0.1) is 18.8 Å². The monoisotopic (exact) mass is 287 g/mol. The third-order valence-electron chi connectivity index (χ3n) is 3.38. The van der Waals surface area contributed by atoms with Gasteiger partial charge in [-0.2, -0.15) is 0 Å². The number of fused-ring (bicyclic) bond motifs is 1. The molecule has 5 heteroatoms. The van der Waals surface area contributed by atoms with Gasteiger partial charge in [0.25, 0.3) is 5.91 Å². The number of aliphatic hydroxyl groups is 1. The van der Waals surface area contributed by atoms with Crippen molar-refractivity contribution in [3.05, 3.63) is 59.4 Å². The first kappa shape index (κ1) is 13.6. The second kappa shape index (κ2) is 5.54. The molecule has 4 nitrogen and oxygen atoms in total. The summed E-state index contributed by atoms with van der Waals surface area (Å²) in [4.78, 5) is 13.6. The van der Waals surface area contributed by atoms with Crippen LogP contribution in [0.5, 0.6) is 5.75 Å². The molecule has 21 heavy (non-hydrogen) atoms. The van der Waals surface area contributed by atoms with Crippen LogP contribution in [0.1, 0.15) is 11.1 Å². The van der Waals surface area contributed by atoms with Crippen molar-refractivity contribution < 1.29 is 19.0 Å². The number of aliphatic hydroxyl groups excluding tert-OH is 1. The van der Waals surface area contributed by atoms with Gasteiger partial charge in [-0.3, -0.25) is 4.79 Å². The minimum atomic E-state index is -0.336. The first-order valence-electron chi connectivity index (χ1n) is 6.59. The van der Waals surface area contributed by atoms with Gasteiger partial charge in [0.2, 0.25) is 0 Å². The fraction of sp³-hybridized carbons (Fsp3) is 0.188. The molecule has 108 valence electrons.